The second-order valence-corrected chi connectivity index (χ2v) is 9.46. The Hall–Kier alpha value is -1.79. The first-order valence-electron chi connectivity index (χ1n) is 7.96. The first kappa shape index (κ1) is 21.9. The van der Waals surface area contributed by atoms with Gasteiger partial charge >= 0.3 is 15.5 Å². The summed E-state index contributed by atoms with van der Waals surface area (Å²) < 4.78 is 67.9. The third-order valence-electron chi connectivity index (χ3n) is 4.23. The van der Waals surface area contributed by atoms with E-state index in [2.05, 4.69) is 31.9 Å². The molecule has 1 aliphatic heterocycles. The second-order valence-electron chi connectivity index (χ2n) is 6.14. The van der Waals surface area contributed by atoms with E-state index in [1.54, 1.807) is 11.0 Å². The van der Waals surface area contributed by atoms with Crippen molar-refractivity contribution in [2.24, 2.45) is 0 Å². The highest BCUT2D eigenvalue weighted by molar-refractivity contribution is 9.13. The van der Waals surface area contributed by atoms with E-state index in [0.717, 1.165) is 5.56 Å². The number of anilines is 1. The number of rotatable bonds is 5. The van der Waals surface area contributed by atoms with Crippen molar-refractivity contribution in [3.63, 3.8) is 0 Å². The molecule has 0 atom stereocenters. The zero-order chi connectivity index (χ0) is 21.6. The fourth-order valence-corrected chi connectivity index (χ4v) is 4.36. The Balaban J connectivity index is 1.77. The molecule has 1 heterocycles. The summed E-state index contributed by atoms with van der Waals surface area (Å²) in [4.78, 5) is 14.3. The summed E-state index contributed by atoms with van der Waals surface area (Å²) in [7, 11) is -3.98. The number of hydrogen-bond donors (Lipinski definition) is 1. The Labute approximate surface area is 181 Å². The van der Waals surface area contributed by atoms with Crippen LogP contribution >= 0.6 is 31.9 Å². The summed E-state index contributed by atoms with van der Waals surface area (Å²) >= 11 is 6.78. The van der Waals surface area contributed by atoms with Crippen LogP contribution in [0.2, 0.25) is 0 Å². The van der Waals surface area contributed by atoms with Gasteiger partial charge in [0.25, 0.3) is 5.91 Å². The standard InChI is InChI=1S/C17H13Br2F3N2O4S/c1-28-15-12-8-24(16(25)11(12)6-13(18)14(15)19)7-9-2-4-10(5-3-9)23-29(26,27)17(20,21)22/h2-6,23H,7-8H2,1H3. The molecule has 0 spiro atoms. The Morgan fingerprint density at radius 2 is 1.83 bits per heavy atom. The molecule has 1 amide bonds. The van der Waals surface area contributed by atoms with Crippen LogP contribution in [0.15, 0.2) is 39.3 Å². The number of halogens is 5. The number of ether oxygens (including phenoxy) is 1. The molecular formula is C17H13Br2F3N2O4S. The van der Waals surface area contributed by atoms with Gasteiger partial charge in [-0.15, -0.1) is 0 Å². The quantitative estimate of drug-likeness (QED) is 0.581. The lowest BCUT2D eigenvalue weighted by Gasteiger charge is -2.16. The third-order valence-corrected chi connectivity index (χ3v) is 7.29. The lowest BCUT2D eigenvalue weighted by atomic mass is 10.1. The number of nitrogens with zero attached hydrogens (tertiary/aromatic N) is 1. The molecule has 2 aromatic carbocycles. The monoisotopic (exact) mass is 556 g/mol. The molecule has 1 aliphatic rings. The Bertz CT molecular complexity index is 1070. The van der Waals surface area contributed by atoms with E-state index >= 15 is 0 Å². The van der Waals surface area contributed by atoms with Crippen LogP contribution in [-0.2, 0) is 23.1 Å². The fourth-order valence-electron chi connectivity index (χ4n) is 2.87. The van der Waals surface area contributed by atoms with Crippen LogP contribution in [0, 0.1) is 0 Å². The number of carbonyl (C=O) groups is 1. The molecule has 0 aliphatic carbocycles. The molecule has 6 nitrogen and oxygen atoms in total. The van der Waals surface area contributed by atoms with E-state index in [1.165, 1.54) is 36.1 Å². The fraction of sp³-hybridized carbons (Fsp3) is 0.235. The van der Waals surface area contributed by atoms with Gasteiger partial charge < -0.3 is 9.64 Å². The van der Waals surface area contributed by atoms with Crippen LogP contribution in [0.5, 0.6) is 5.75 Å². The summed E-state index contributed by atoms with van der Waals surface area (Å²) in [5, 5.41) is 0. The maximum atomic E-state index is 12.7. The molecule has 12 heteroatoms. The molecule has 0 aromatic heterocycles. The van der Waals surface area contributed by atoms with E-state index in [-0.39, 0.29) is 18.1 Å². The number of hydrogen-bond acceptors (Lipinski definition) is 4. The van der Waals surface area contributed by atoms with Crippen molar-refractivity contribution in [2.75, 3.05) is 11.8 Å². The second kappa shape index (κ2) is 7.80. The molecule has 3 rings (SSSR count). The topological polar surface area (TPSA) is 75.7 Å². The predicted molar refractivity (Wildman–Crippen MR) is 107 cm³/mol. The first-order chi connectivity index (χ1) is 13.4. The van der Waals surface area contributed by atoms with Gasteiger partial charge in [-0.1, -0.05) is 12.1 Å². The number of carbonyl (C=O) groups excluding carboxylic acids is 1. The predicted octanol–water partition coefficient (Wildman–Crippen LogP) is 4.64. The largest absolute Gasteiger partial charge is 0.516 e. The SMILES string of the molecule is COc1c(Br)c(Br)cc2c1CN(Cc1ccc(NS(=O)(=O)C(F)(F)F)cc1)C2=O. The lowest BCUT2D eigenvalue weighted by Crippen LogP contribution is -2.29. The van der Waals surface area contributed by atoms with Crippen LogP contribution < -0.4 is 9.46 Å². The highest BCUT2D eigenvalue weighted by Crippen LogP contribution is 2.42. The lowest BCUT2D eigenvalue weighted by molar-refractivity contribution is -0.0429. The average Bonchev–Trinajstić information content (AvgIpc) is 2.92. The molecule has 0 saturated heterocycles. The van der Waals surface area contributed by atoms with Gasteiger partial charge in [-0.25, -0.2) is 0 Å². The zero-order valence-corrected chi connectivity index (χ0v) is 18.7. The molecule has 0 bridgehead atoms. The van der Waals surface area contributed by atoms with Crippen molar-refractivity contribution in [3.05, 3.63) is 56.0 Å². The van der Waals surface area contributed by atoms with Crippen LogP contribution in [0.3, 0.4) is 0 Å². The third kappa shape index (κ3) is 4.24. The molecule has 0 saturated carbocycles. The Morgan fingerprint density at radius 1 is 1.21 bits per heavy atom. The van der Waals surface area contributed by atoms with E-state index < -0.39 is 15.5 Å². The maximum Gasteiger partial charge on any atom is 0.516 e. The number of benzene rings is 2. The van der Waals surface area contributed by atoms with Crippen molar-refractivity contribution < 1.29 is 31.1 Å². The normalized spacial score (nSPS) is 14.1. The molecule has 29 heavy (non-hydrogen) atoms. The zero-order valence-electron chi connectivity index (χ0n) is 14.7. The summed E-state index contributed by atoms with van der Waals surface area (Å²) in [5.41, 5.74) is -3.79. The van der Waals surface area contributed by atoms with E-state index in [4.69, 9.17) is 4.74 Å². The van der Waals surface area contributed by atoms with Gasteiger partial charge in [-0.05, 0) is 55.6 Å². The Morgan fingerprint density at radius 3 is 2.38 bits per heavy atom. The first-order valence-corrected chi connectivity index (χ1v) is 11.0. The summed E-state index contributed by atoms with van der Waals surface area (Å²) in [5.74, 6) is 0.329. The number of amides is 1. The number of methoxy groups -OCH3 is 1. The van der Waals surface area contributed by atoms with Gasteiger partial charge in [-0.3, -0.25) is 9.52 Å². The minimum atomic E-state index is -5.48. The van der Waals surface area contributed by atoms with Crippen LogP contribution in [0.1, 0.15) is 21.5 Å². The van der Waals surface area contributed by atoms with Crippen molar-refractivity contribution in [3.8, 4) is 5.75 Å². The molecule has 2 aromatic rings. The summed E-state index contributed by atoms with van der Waals surface area (Å²) in [6, 6.07) is 7.01. The van der Waals surface area contributed by atoms with Gasteiger partial charge in [0.2, 0.25) is 0 Å². The van der Waals surface area contributed by atoms with E-state index in [1.807, 2.05) is 0 Å². The smallest absolute Gasteiger partial charge is 0.495 e. The minimum absolute atomic E-state index is 0.193. The van der Waals surface area contributed by atoms with Crippen LogP contribution in [-0.4, -0.2) is 31.8 Å². The number of sulfonamides is 1. The van der Waals surface area contributed by atoms with Crippen LogP contribution in [0.25, 0.3) is 0 Å². The molecule has 0 fully saturated rings. The average molecular weight is 558 g/mol. The highest BCUT2D eigenvalue weighted by atomic mass is 79.9. The van der Waals surface area contributed by atoms with Gasteiger partial charge in [0, 0.05) is 27.8 Å². The highest BCUT2D eigenvalue weighted by Gasteiger charge is 2.46. The minimum Gasteiger partial charge on any atom is -0.495 e. The van der Waals surface area contributed by atoms with Crippen molar-refractivity contribution in [1.82, 2.24) is 4.90 Å². The van der Waals surface area contributed by atoms with Crippen LogP contribution in [0.4, 0.5) is 18.9 Å². The molecular weight excluding hydrogens is 545 g/mol. The van der Waals surface area contributed by atoms with Crippen molar-refractivity contribution in [2.45, 2.75) is 18.6 Å². The number of alkyl halides is 3. The maximum absolute atomic E-state index is 12.7. The summed E-state index contributed by atoms with van der Waals surface area (Å²) in [6.45, 7) is 0.490. The Kier molecular flexibility index (Phi) is 5.89. The van der Waals surface area contributed by atoms with Gasteiger partial charge in [0.15, 0.2) is 0 Å². The number of nitrogens with one attached hydrogen (secondary N) is 1. The van der Waals surface area contributed by atoms with E-state index in [0.29, 0.717) is 32.4 Å². The molecule has 1 N–H and O–H groups in total. The molecule has 156 valence electrons. The van der Waals surface area contributed by atoms with Gasteiger partial charge in [0.1, 0.15) is 5.75 Å². The molecule has 0 unspecified atom stereocenters. The van der Waals surface area contributed by atoms with Crippen molar-refractivity contribution >= 4 is 53.5 Å². The summed E-state index contributed by atoms with van der Waals surface area (Å²) in [6.07, 6.45) is 0. The van der Waals surface area contributed by atoms with Gasteiger partial charge in [0.05, 0.1) is 18.1 Å². The van der Waals surface area contributed by atoms with Gasteiger partial charge in [-0.2, -0.15) is 21.6 Å². The van der Waals surface area contributed by atoms with Crippen molar-refractivity contribution in [1.29, 1.82) is 0 Å². The van der Waals surface area contributed by atoms with E-state index in [9.17, 15) is 26.4 Å². The molecule has 0 radical (unpaired) electrons. The number of fused-ring (bicyclic) bond motifs is 1.